The number of amides is 1. The number of carbonyl (C=O) groups is 1. The van der Waals surface area contributed by atoms with Crippen molar-refractivity contribution >= 4 is 5.91 Å². The molecule has 1 atom stereocenters. The highest BCUT2D eigenvalue weighted by molar-refractivity contribution is 5.73. The molecule has 0 spiro atoms. The van der Waals surface area contributed by atoms with Crippen molar-refractivity contribution in [3.05, 3.63) is 29.8 Å². The summed E-state index contributed by atoms with van der Waals surface area (Å²) in [5, 5.41) is 10.9. The first-order chi connectivity index (χ1) is 11.5. The van der Waals surface area contributed by atoms with Crippen LogP contribution < -0.4 is 4.74 Å². The highest BCUT2D eigenvalue weighted by atomic mass is 16.5. The number of likely N-dealkylation sites (tertiary alicyclic amines) is 2. The van der Waals surface area contributed by atoms with E-state index in [0.717, 1.165) is 50.2 Å². The second-order valence-electron chi connectivity index (χ2n) is 7.24. The minimum atomic E-state index is -0.778. The lowest BCUT2D eigenvalue weighted by atomic mass is 10.0. The molecule has 2 fully saturated rings. The van der Waals surface area contributed by atoms with Crippen LogP contribution in [0.5, 0.6) is 5.75 Å². The van der Waals surface area contributed by atoms with E-state index in [4.69, 9.17) is 4.74 Å². The van der Waals surface area contributed by atoms with Gasteiger partial charge in [-0.1, -0.05) is 18.2 Å². The fourth-order valence-corrected chi connectivity index (χ4v) is 3.79. The van der Waals surface area contributed by atoms with Gasteiger partial charge in [0.25, 0.3) is 0 Å². The molecule has 1 N–H and O–H groups in total. The van der Waals surface area contributed by atoms with Gasteiger partial charge >= 0.3 is 0 Å². The zero-order chi connectivity index (χ0) is 17.2. The van der Waals surface area contributed by atoms with E-state index >= 15 is 0 Å². The van der Waals surface area contributed by atoms with Gasteiger partial charge in [0.15, 0.2) is 0 Å². The van der Waals surface area contributed by atoms with Gasteiger partial charge in [-0.05, 0) is 37.8 Å². The van der Waals surface area contributed by atoms with Crippen LogP contribution in [-0.2, 0) is 4.79 Å². The third kappa shape index (κ3) is 3.90. The number of hydrogen-bond acceptors (Lipinski definition) is 4. The zero-order valence-corrected chi connectivity index (χ0v) is 14.7. The third-order valence-electron chi connectivity index (χ3n) is 5.38. The van der Waals surface area contributed by atoms with Crippen molar-refractivity contribution in [2.24, 2.45) is 0 Å². The molecule has 1 unspecified atom stereocenters. The largest absolute Gasteiger partial charge is 0.490 e. The lowest BCUT2D eigenvalue weighted by Gasteiger charge is -2.36. The molecule has 3 rings (SSSR count). The van der Waals surface area contributed by atoms with E-state index in [1.54, 1.807) is 6.92 Å². The monoisotopic (exact) mass is 332 g/mol. The Morgan fingerprint density at radius 1 is 1.29 bits per heavy atom. The molecule has 0 radical (unpaired) electrons. The van der Waals surface area contributed by atoms with Crippen LogP contribution in [-0.4, -0.2) is 65.2 Å². The van der Waals surface area contributed by atoms with Crippen LogP contribution in [0.25, 0.3) is 0 Å². The maximum atomic E-state index is 11.4. The molecule has 2 heterocycles. The Morgan fingerprint density at radius 2 is 2.00 bits per heavy atom. The Morgan fingerprint density at radius 3 is 2.67 bits per heavy atom. The van der Waals surface area contributed by atoms with Gasteiger partial charge in [0, 0.05) is 39.1 Å². The van der Waals surface area contributed by atoms with Crippen LogP contribution in [0.15, 0.2) is 24.3 Å². The predicted octanol–water partition coefficient (Wildman–Crippen LogP) is 1.82. The summed E-state index contributed by atoms with van der Waals surface area (Å²) < 4.78 is 5.88. The quantitative estimate of drug-likeness (QED) is 0.914. The summed E-state index contributed by atoms with van der Waals surface area (Å²) >= 11 is 0. The number of ether oxygens (including phenoxy) is 1. The van der Waals surface area contributed by atoms with Crippen LogP contribution >= 0.6 is 0 Å². The van der Waals surface area contributed by atoms with Gasteiger partial charge in [-0.25, -0.2) is 0 Å². The first-order valence-corrected chi connectivity index (χ1v) is 8.87. The van der Waals surface area contributed by atoms with Gasteiger partial charge in [0.05, 0.1) is 0 Å². The van der Waals surface area contributed by atoms with Crippen molar-refractivity contribution in [3.63, 3.8) is 0 Å². The summed E-state index contributed by atoms with van der Waals surface area (Å²) in [7, 11) is 0. The molecule has 0 aromatic heterocycles. The first kappa shape index (κ1) is 17.2. The number of nitrogens with zero attached hydrogens (tertiary/aromatic N) is 2. The second-order valence-corrected chi connectivity index (χ2v) is 7.24. The maximum Gasteiger partial charge on any atom is 0.219 e. The van der Waals surface area contributed by atoms with E-state index < -0.39 is 5.60 Å². The molecular formula is C19H28N2O3. The maximum absolute atomic E-state index is 11.4. The van der Waals surface area contributed by atoms with Crippen molar-refractivity contribution < 1.29 is 14.6 Å². The average molecular weight is 332 g/mol. The minimum Gasteiger partial charge on any atom is -0.490 e. The molecule has 0 bridgehead atoms. The average Bonchev–Trinajstić information content (AvgIpc) is 2.97. The van der Waals surface area contributed by atoms with Crippen molar-refractivity contribution in [2.45, 2.75) is 44.8 Å². The van der Waals surface area contributed by atoms with E-state index in [2.05, 4.69) is 4.90 Å². The summed E-state index contributed by atoms with van der Waals surface area (Å²) in [4.78, 5) is 15.7. The Hall–Kier alpha value is -1.59. The van der Waals surface area contributed by atoms with Crippen LogP contribution in [0.4, 0.5) is 0 Å². The van der Waals surface area contributed by atoms with Gasteiger partial charge in [-0.2, -0.15) is 0 Å². The number of β-amino-alcohol motifs (C(OH)–C–C–N with tert-alkyl or cyclic N) is 1. The van der Waals surface area contributed by atoms with Crippen LogP contribution in [0.3, 0.4) is 0 Å². The minimum absolute atomic E-state index is 0.165. The van der Waals surface area contributed by atoms with Crippen molar-refractivity contribution in [3.8, 4) is 5.75 Å². The summed E-state index contributed by atoms with van der Waals surface area (Å²) in [6, 6.07) is 8.37. The highest BCUT2D eigenvalue weighted by Gasteiger charge is 2.40. The molecule has 2 saturated heterocycles. The van der Waals surface area contributed by atoms with Crippen molar-refractivity contribution in [1.29, 1.82) is 0 Å². The number of aryl methyl sites for hydroxylation is 1. The number of hydrogen-bond donors (Lipinski definition) is 1. The Kier molecular flexibility index (Phi) is 5.11. The Labute approximate surface area is 144 Å². The SMILES string of the molecule is CC(=O)N1CCC(N2CCC(O)(COc3ccccc3C)C2)CC1. The molecule has 132 valence electrons. The summed E-state index contributed by atoms with van der Waals surface area (Å²) in [6.07, 6.45) is 2.73. The number of rotatable bonds is 4. The predicted molar refractivity (Wildman–Crippen MR) is 93.1 cm³/mol. The number of piperidine rings is 1. The summed E-state index contributed by atoms with van der Waals surface area (Å²) in [6.45, 7) is 7.20. The van der Waals surface area contributed by atoms with Crippen molar-refractivity contribution in [2.75, 3.05) is 32.8 Å². The molecule has 2 aliphatic heterocycles. The van der Waals surface area contributed by atoms with Gasteiger partial charge in [0.2, 0.25) is 5.91 Å². The Bertz CT molecular complexity index is 584. The van der Waals surface area contributed by atoms with Crippen molar-refractivity contribution in [1.82, 2.24) is 9.80 Å². The number of carbonyl (C=O) groups excluding carboxylic acids is 1. The lowest BCUT2D eigenvalue weighted by molar-refractivity contribution is -0.130. The third-order valence-corrected chi connectivity index (χ3v) is 5.38. The molecule has 1 amide bonds. The van der Waals surface area contributed by atoms with E-state index in [9.17, 15) is 9.90 Å². The molecule has 0 aliphatic carbocycles. The molecule has 5 heteroatoms. The second kappa shape index (κ2) is 7.11. The molecule has 2 aliphatic rings. The van der Waals surface area contributed by atoms with Crippen LogP contribution in [0.2, 0.25) is 0 Å². The summed E-state index contributed by atoms with van der Waals surface area (Å²) in [5.74, 6) is 1.01. The van der Waals surface area contributed by atoms with E-state index in [1.165, 1.54) is 0 Å². The Balaban J connectivity index is 1.51. The standard InChI is InChI=1S/C19H28N2O3/c1-15-5-3-4-6-18(15)24-14-19(23)9-12-21(13-19)17-7-10-20(11-8-17)16(2)22/h3-6,17,23H,7-14H2,1-2H3. The molecule has 24 heavy (non-hydrogen) atoms. The fraction of sp³-hybridized carbons (Fsp3) is 0.632. The fourth-order valence-electron chi connectivity index (χ4n) is 3.79. The molecule has 1 aromatic carbocycles. The highest BCUT2D eigenvalue weighted by Crippen LogP contribution is 2.28. The molecule has 0 saturated carbocycles. The smallest absolute Gasteiger partial charge is 0.219 e. The van der Waals surface area contributed by atoms with Gasteiger partial charge in [-0.3, -0.25) is 9.69 Å². The zero-order valence-electron chi connectivity index (χ0n) is 14.7. The number of para-hydroxylation sites is 1. The van der Waals surface area contributed by atoms with Gasteiger partial charge in [0.1, 0.15) is 18.0 Å². The molecule has 1 aromatic rings. The lowest BCUT2D eigenvalue weighted by Crippen LogP contribution is -2.47. The van der Waals surface area contributed by atoms with Gasteiger partial charge in [-0.15, -0.1) is 0 Å². The van der Waals surface area contributed by atoms with E-state index in [-0.39, 0.29) is 5.91 Å². The normalized spacial score (nSPS) is 25.9. The number of benzene rings is 1. The van der Waals surface area contributed by atoms with Crippen LogP contribution in [0.1, 0.15) is 31.7 Å². The molecular weight excluding hydrogens is 304 g/mol. The van der Waals surface area contributed by atoms with Crippen LogP contribution in [0, 0.1) is 6.92 Å². The first-order valence-electron chi connectivity index (χ1n) is 8.87. The topological polar surface area (TPSA) is 53.0 Å². The number of aliphatic hydroxyl groups is 1. The summed E-state index contributed by atoms with van der Waals surface area (Å²) in [5.41, 5.74) is 0.313. The van der Waals surface area contributed by atoms with Gasteiger partial charge < -0.3 is 14.7 Å². The van der Waals surface area contributed by atoms with E-state index in [0.29, 0.717) is 19.2 Å². The van der Waals surface area contributed by atoms with E-state index in [1.807, 2.05) is 36.1 Å². The molecule has 5 nitrogen and oxygen atoms in total.